The lowest BCUT2D eigenvalue weighted by atomic mass is 9.92. The van der Waals surface area contributed by atoms with Crippen LogP contribution in [0.2, 0.25) is 0 Å². The monoisotopic (exact) mass is 495 g/mol. The summed E-state index contributed by atoms with van der Waals surface area (Å²) in [6, 6.07) is 16.1. The van der Waals surface area contributed by atoms with Crippen molar-refractivity contribution >= 4 is 39.5 Å². The number of hydrogen-bond donors (Lipinski definition) is 2. The number of para-hydroxylation sites is 1. The Balaban J connectivity index is 1.52. The van der Waals surface area contributed by atoms with Gasteiger partial charge in [-0.2, -0.15) is 5.10 Å². The number of anilines is 1. The quantitative estimate of drug-likeness (QED) is 0.527. The smallest absolute Gasteiger partial charge is 0.321 e. The molecule has 1 atom stereocenters. The van der Waals surface area contributed by atoms with Crippen molar-refractivity contribution < 1.29 is 14.4 Å². The summed E-state index contributed by atoms with van der Waals surface area (Å²) >= 11 is 3.38. The molecule has 9 heteroatoms. The van der Waals surface area contributed by atoms with Crippen molar-refractivity contribution in [3.8, 4) is 5.69 Å². The first kappa shape index (κ1) is 21.8. The average Bonchev–Trinajstić information content (AvgIpc) is 3.17. The summed E-state index contributed by atoms with van der Waals surface area (Å²) in [5, 5.41) is 10.0. The van der Waals surface area contributed by atoms with Crippen molar-refractivity contribution in [3.63, 3.8) is 0 Å². The van der Waals surface area contributed by atoms with Crippen LogP contribution in [0.4, 0.5) is 10.5 Å². The fourth-order valence-electron chi connectivity index (χ4n) is 3.80. The minimum Gasteiger partial charge on any atom is -0.321 e. The molecule has 4 rings (SSSR count). The fourth-order valence-corrected chi connectivity index (χ4v) is 4.20. The number of rotatable bonds is 5. The highest BCUT2D eigenvalue weighted by Crippen LogP contribution is 2.30. The molecule has 0 spiro atoms. The summed E-state index contributed by atoms with van der Waals surface area (Å²) in [6.07, 6.45) is 0. The summed E-state index contributed by atoms with van der Waals surface area (Å²) < 4.78 is 2.53. The van der Waals surface area contributed by atoms with Crippen molar-refractivity contribution in [2.24, 2.45) is 0 Å². The van der Waals surface area contributed by atoms with E-state index in [4.69, 9.17) is 0 Å². The Bertz CT molecular complexity index is 1220. The third-order valence-corrected chi connectivity index (χ3v) is 6.03. The highest BCUT2D eigenvalue weighted by molar-refractivity contribution is 9.10. The van der Waals surface area contributed by atoms with E-state index in [-0.39, 0.29) is 0 Å². The molecule has 0 aliphatic carbocycles. The number of urea groups is 1. The van der Waals surface area contributed by atoms with E-state index in [0.717, 1.165) is 20.8 Å². The first-order valence-electron chi connectivity index (χ1n) is 10.0. The molecular formula is C23H22BrN5O3. The van der Waals surface area contributed by atoms with Gasteiger partial charge in [-0.05, 0) is 50.6 Å². The number of hydrogen-bond acceptors (Lipinski definition) is 4. The summed E-state index contributed by atoms with van der Waals surface area (Å²) in [7, 11) is 0. The molecule has 0 saturated carbocycles. The summed E-state index contributed by atoms with van der Waals surface area (Å²) in [5.74, 6) is -0.963. The summed E-state index contributed by atoms with van der Waals surface area (Å²) in [5.41, 5.74) is 2.19. The van der Waals surface area contributed by atoms with Gasteiger partial charge in [0.05, 0.1) is 22.8 Å². The van der Waals surface area contributed by atoms with E-state index in [0.29, 0.717) is 16.9 Å². The Hall–Kier alpha value is -3.46. The SMILES string of the molecule is Cc1nn(-c2ccccc2)c(C)c1NC(=O)CN1C(=O)NC(C)(c2cccc(Br)c2)C1=O. The van der Waals surface area contributed by atoms with Gasteiger partial charge in [-0.25, -0.2) is 9.48 Å². The Morgan fingerprint density at radius 3 is 2.53 bits per heavy atom. The van der Waals surface area contributed by atoms with Crippen LogP contribution in [0.25, 0.3) is 5.69 Å². The average molecular weight is 496 g/mol. The van der Waals surface area contributed by atoms with E-state index in [1.807, 2.05) is 43.3 Å². The molecule has 32 heavy (non-hydrogen) atoms. The highest BCUT2D eigenvalue weighted by atomic mass is 79.9. The molecule has 3 aromatic rings. The van der Waals surface area contributed by atoms with Crippen LogP contribution >= 0.6 is 15.9 Å². The van der Waals surface area contributed by atoms with Gasteiger partial charge in [0.25, 0.3) is 5.91 Å². The molecule has 1 saturated heterocycles. The number of aromatic nitrogens is 2. The molecule has 4 amide bonds. The van der Waals surface area contributed by atoms with Crippen LogP contribution in [0.1, 0.15) is 23.9 Å². The maximum Gasteiger partial charge on any atom is 0.325 e. The lowest BCUT2D eigenvalue weighted by molar-refractivity contribution is -0.133. The third-order valence-electron chi connectivity index (χ3n) is 5.54. The minimum absolute atomic E-state index is 0.399. The van der Waals surface area contributed by atoms with E-state index in [1.165, 1.54) is 0 Å². The van der Waals surface area contributed by atoms with E-state index in [2.05, 4.69) is 31.7 Å². The van der Waals surface area contributed by atoms with Crippen LogP contribution in [-0.2, 0) is 15.1 Å². The van der Waals surface area contributed by atoms with Gasteiger partial charge in [-0.15, -0.1) is 0 Å². The molecule has 8 nitrogen and oxygen atoms in total. The van der Waals surface area contributed by atoms with Gasteiger partial charge in [-0.3, -0.25) is 14.5 Å². The molecule has 2 N–H and O–H groups in total. The van der Waals surface area contributed by atoms with Crippen molar-refractivity contribution in [1.29, 1.82) is 0 Å². The van der Waals surface area contributed by atoms with Crippen molar-refractivity contribution in [2.75, 3.05) is 11.9 Å². The van der Waals surface area contributed by atoms with Gasteiger partial charge in [0.1, 0.15) is 12.1 Å². The normalized spacial score (nSPS) is 18.1. The number of carbonyl (C=O) groups excluding carboxylic acids is 3. The van der Waals surface area contributed by atoms with Crippen LogP contribution in [0.15, 0.2) is 59.1 Å². The lowest BCUT2D eigenvalue weighted by Gasteiger charge is -2.22. The zero-order valence-electron chi connectivity index (χ0n) is 17.8. The van der Waals surface area contributed by atoms with Crippen LogP contribution in [0.5, 0.6) is 0 Å². The van der Waals surface area contributed by atoms with Crippen LogP contribution < -0.4 is 10.6 Å². The number of imide groups is 1. The second-order valence-electron chi connectivity index (χ2n) is 7.80. The summed E-state index contributed by atoms with van der Waals surface area (Å²) in [6.45, 7) is 4.87. The topological polar surface area (TPSA) is 96.3 Å². The predicted molar refractivity (Wildman–Crippen MR) is 123 cm³/mol. The van der Waals surface area contributed by atoms with Gasteiger partial charge in [0, 0.05) is 4.47 Å². The molecule has 1 unspecified atom stereocenters. The largest absolute Gasteiger partial charge is 0.325 e. The number of amides is 4. The Morgan fingerprint density at radius 2 is 1.84 bits per heavy atom. The molecule has 1 aliphatic heterocycles. The molecule has 1 aliphatic rings. The van der Waals surface area contributed by atoms with Gasteiger partial charge in [0.15, 0.2) is 0 Å². The molecule has 2 aromatic carbocycles. The standard InChI is InChI=1S/C23H22BrN5O3/c1-14-20(15(2)29(27-14)18-10-5-4-6-11-18)25-19(30)13-28-21(31)23(3,26-22(28)32)16-8-7-9-17(24)12-16/h4-12H,13H2,1-3H3,(H,25,30)(H,26,32). The number of aryl methyl sites for hydroxylation is 1. The molecule has 2 heterocycles. The minimum atomic E-state index is -1.24. The van der Waals surface area contributed by atoms with E-state index >= 15 is 0 Å². The predicted octanol–water partition coefficient (Wildman–Crippen LogP) is 3.66. The number of halogens is 1. The zero-order valence-corrected chi connectivity index (χ0v) is 19.4. The van der Waals surface area contributed by atoms with Crippen molar-refractivity contribution in [1.82, 2.24) is 20.0 Å². The van der Waals surface area contributed by atoms with Gasteiger partial charge in [-0.1, -0.05) is 46.3 Å². The van der Waals surface area contributed by atoms with E-state index in [9.17, 15) is 14.4 Å². The molecule has 0 radical (unpaired) electrons. The molecule has 0 bridgehead atoms. The van der Waals surface area contributed by atoms with Gasteiger partial charge >= 0.3 is 6.03 Å². The number of nitrogens with zero attached hydrogens (tertiary/aromatic N) is 3. The van der Waals surface area contributed by atoms with Crippen molar-refractivity contribution in [3.05, 3.63) is 76.0 Å². The molecule has 1 aromatic heterocycles. The Morgan fingerprint density at radius 1 is 1.12 bits per heavy atom. The fraction of sp³-hybridized carbons (Fsp3) is 0.217. The lowest BCUT2D eigenvalue weighted by Crippen LogP contribution is -2.42. The third kappa shape index (κ3) is 3.80. The van der Waals surface area contributed by atoms with Gasteiger partial charge in [0.2, 0.25) is 5.91 Å². The number of benzene rings is 2. The van der Waals surface area contributed by atoms with Crippen LogP contribution in [0, 0.1) is 13.8 Å². The molecular weight excluding hydrogens is 474 g/mol. The van der Waals surface area contributed by atoms with E-state index < -0.39 is 29.9 Å². The summed E-state index contributed by atoms with van der Waals surface area (Å²) in [4.78, 5) is 39.4. The molecule has 164 valence electrons. The first-order valence-corrected chi connectivity index (χ1v) is 10.8. The second kappa shape index (κ2) is 8.23. The van der Waals surface area contributed by atoms with E-state index in [1.54, 1.807) is 36.7 Å². The van der Waals surface area contributed by atoms with Crippen LogP contribution in [-0.4, -0.2) is 39.1 Å². The second-order valence-corrected chi connectivity index (χ2v) is 8.71. The highest BCUT2D eigenvalue weighted by Gasteiger charge is 2.49. The van der Waals surface area contributed by atoms with Gasteiger partial charge < -0.3 is 10.6 Å². The van der Waals surface area contributed by atoms with Crippen molar-refractivity contribution in [2.45, 2.75) is 26.3 Å². The first-order chi connectivity index (χ1) is 15.2. The zero-order chi connectivity index (χ0) is 23.0. The van der Waals surface area contributed by atoms with Crippen LogP contribution in [0.3, 0.4) is 0 Å². The molecule has 1 fully saturated rings. The maximum atomic E-state index is 13.1. The maximum absolute atomic E-state index is 13.1. The number of carbonyl (C=O) groups is 3. The number of nitrogens with one attached hydrogen (secondary N) is 2. The Labute approximate surface area is 193 Å². The Kier molecular flexibility index (Phi) is 5.60.